The molecule has 4 aromatic rings. The molecule has 1 aliphatic carbocycles. The zero-order valence-corrected chi connectivity index (χ0v) is 24.0. The van der Waals surface area contributed by atoms with Crippen LogP contribution >= 0.6 is 0 Å². The Hall–Kier alpha value is -4.63. The minimum atomic E-state index is -0.617. The Labute approximate surface area is 245 Å². The molecule has 2 amide bonds. The highest BCUT2D eigenvalue weighted by Gasteiger charge is 2.35. The van der Waals surface area contributed by atoms with E-state index in [4.69, 9.17) is 26.0 Å². The Bertz CT molecular complexity index is 1540. The fraction of sp³-hybridized carbons (Fsp3) is 0.303. The van der Waals surface area contributed by atoms with Crippen molar-refractivity contribution < 1.29 is 19.1 Å². The standard InChI is InChI=1S/C33H37N5O4/c1-33(42-21-23-8-4-3-5-9-23)18-16-25(17-19-33)38-30(34)28(31(35)39)29(37-38)24-14-12-22(13-15-24)20-36-32(40)26-10-6-7-11-27(26)41-2/h3-15,25H,16-21,34H2,1-2H3,(H2,35,39)(H,36,40). The maximum Gasteiger partial charge on any atom is 0.255 e. The van der Waals surface area contributed by atoms with E-state index in [1.165, 1.54) is 7.11 Å². The van der Waals surface area contributed by atoms with Gasteiger partial charge < -0.3 is 26.3 Å². The Morgan fingerprint density at radius 3 is 2.31 bits per heavy atom. The second-order valence-corrected chi connectivity index (χ2v) is 11.0. The monoisotopic (exact) mass is 567 g/mol. The van der Waals surface area contributed by atoms with Crippen LogP contribution in [0.4, 0.5) is 5.82 Å². The summed E-state index contributed by atoms with van der Waals surface area (Å²) in [7, 11) is 1.53. The molecule has 0 saturated heterocycles. The van der Waals surface area contributed by atoms with Gasteiger partial charge in [0.1, 0.15) is 22.8 Å². The van der Waals surface area contributed by atoms with Crippen molar-refractivity contribution in [1.82, 2.24) is 15.1 Å². The van der Waals surface area contributed by atoms with Crippen LogP contribution in [0.2, 0.25) is 0 Å². The minimum Gasteiger partial charge on any atom is -0.496 e. The van der Waals surface area contributed by atoms with Crippen molar-refractivity contribution in [3.8, 4) is 17.0 Å². The second kappa shape index (κ2) is 12.5. The van der Waals surface area contributed by atoms with Crippen molar-refractivity contribution in [2.24, 2.45) is 5.73 Å². The molecule has 1 fully saturated rings. The van der Waals surface area contributed by atoms with Gasteiger partial charge >= 0.3 is 0 Å². The normalized spacial score (nSPS) is 18.4. The first-order chi connectivity index (χ1) is 20.3. The predicted molar refractivity (Wildman–Crippen MR) is 162 cm³/mol. The number of hydrogen-bond donors (Lipinski definition) is 3. The van der Waals surface area contributed by atoms with Crippen LogP contribution in [0.3, 0.4) is 0 Å². The number of nitrogens with one attached hydrogen (secondary N) is 1. The number of methoxy groups -OCH3 is 1. The van der Waals surface area contributed by atoms with Crippen molar-refractivity contribution in [1.29, 1.82) is 0 Å². The molecule has 42 heavy (non-hydrogen) atoms. The third kappa shape index (κ3) is 6.31. The van der Waals surface area contributed by atoms with Gasteiger partial charge in [-0.05, 0) is 55.9 Å². The van der Waals surface area contributed by atoms with Gasteiger partial charge in [0.15, 0.2) is 0 Å². The first-order valence-electron chi connectivity index (χ1n) is 14.1. The molecule has 0 radical (unpaired) electrons. The number of ether oxygens (including phenoxy) is 2. The summed E-state index contributed by atoms with van der Waals surface area (Å²) in [6.07, 6.45) is 3.33. The van der Waals surface area contributed by atoms with E-state index in [0.29, 0.717) is 30.2 Å². The van der Waals surface area contributed by atoms with E-state index in [1.54, 1.807) is 22.9 Å². The molecule has 0 spiro atoms. The van der Waals surface area contributed by atoms with Gasteiger partial charge in [0, 0.05) is 12.1 Å². The van der Waals surface area contributed by atoms with Crippen LogP contribution in [-0.2, 0) is 17.9 Å². The largest absolute Gasteiger partial charge is 0.496 e. The summed E-state index contributed by atoms with van der Waals surface area (Å²) in [4.78, 5) is 25.1. The lowest BCUT2D eigenvalue weighted by atomic mass is 9.83. The molecule has 1 heterocycles. The van der Waals surface area contributed by atoms with Crippen molar-refractivity contribution in [3.63, 3.8) is 0 Å². The van der Waals surface area contributed by atoms with Gasteiger partial charge in [0.2, 0.25) is 0 Å². The molecule has 3 aromatic carbocycles. The first-order valence-corrected chi connectivity index (χ1v) is 14.1. The van der Waals surface area contributed by atoms with Crippen molar-refractivity contribution in [2.75, 3.05) is 12.8 Å². The first kappa shape index (κ1) is 28.9. The van der Waals surface area contributed by atoms with E-state index in [-0.39, 0.29) is 28.9 Å². The Kier molecular flexibility index (Phi) is 8.59. The number of carbonyl (C=O) groups excluding carboxylic acids is 2. The van der Waals surface area contributed by atoms with Crippen LogP contribution in [-0.4, -0.2) is 34.3 Å². The number of primary amides is 1. The van der Waals surface area contributed by atoms with Gasteiger partial charge in [-0.1, -0.05) is 66.7 Å². The van der Waals surface area contributed by atoms with E-state index >= 15 is 0 Å². The van der Waals surface area contributed by atoms with E-state index < -0.39 is 5.91 Å². The minimum absolute atomic E-state index is 0.0368. The zero-order valence-electron chi connectivity index (χ0n) is 24.0. The van der Waals surface area contributed by atoms with E-state index in [2.05, 4.69) is 24.4 Å². The fourth-order valence-corrected chi connectivity index (χ4v) is 5.49. The smallest absolute Gasteiger partial charge is 0.255 e. The summed E-state index contributed by atoms with van der Waals surface area (Å²) in [6.45, 7) is 3.05. The number of hydrogen-bond acceptors (Lipinski definition) is 6. The lowest BCUT2D eigenvalue weighted by Gasteiger charge is -2.37. The number of nitrogen functional groups attached to an aromatic ring is 1. The maximum absolute atomic E-state index is 12.7. The molecule has 0 atom stereocenters. The molecule has 0 aliphatic heterocycles. The van der Waals surface area contributed by atoms with Crippen molar-refractivity contribution in [2.45, 2.75) is 57.4 Å². The van der Waals surface area contributed by atoms with Gasteiger partial charge in [-0.25, -0.2) is 4.68 Å². The molecule has 5 N–H and O–H groups in total. The van der Waals surface area contributed by atoms with E-state index in [1.807, 2.05) is 48.5 Å². The van der Waals surface area contributed by atoms with Gasteiger partial charge in [-0.3, -0.25) is 9.59 Å². The molecule has 9 nitrogen and oxygen atoms in total. The van der Waals surface area contributed by atoms with E-state index in [9.17, 15) is 9.59 Å². The van der Waals surface area contributed by atoms with Crippen LogP contribution < -0.4 is 21.5 Å². The molecular weight excluding hydrogens is 530 g/mol. The summed E-state index contributed by atoms with van der Waals surface area (Å²) in [6, 6.07) is 24.8. The number of aromatic nitrogens is 2. The van der Waals surface area contributed by atoms with Gasteiger partial charge in [-0.2, -0.15) is 5.10 Å². The molecule has 1 aromatic heterocycles. The van der Waals surface area contributed by atoms with Crippen LogP contribution in [0.1, 0.15) is 70.5 Å². The quantitative estimate of drug-likeness (QED) is 0.239. The molecule has 1 aliphatic rings. The summed E-state index contributed by atoms with van der Waals surface area (Å²) in [5.74, 6) is -0.0499. The van der Waals surface area contributed by atoms with Gasteiger partial charge in [0.25, 0.3) is 11.8 Å². The summed E-state index contributed by atoms with van der Waals surface area (Å²) in [5, 5.41) is 7.71. The maximum atomic E-state index is 12.7. The third-order valence-electron chi connectivity index (χ3n) is 8.01. The van der Waals surface area contributed by atoms with Crippen LogP contribution in [0, 0.1) is 0 Å². The summed E-state index contributed by atoms with van der Waals surface area (Å²) in [5.41, 5.74) is 15.9. The highest BCUT2D eigenvalue weighted by molar-refractivity contribution is 6.03. The number of rotatable bonds is 10. The Morgan fingerprint density at radius 2 is 1.64 bits per heavy atom. The molecular formula is C33H37N5O4. The number of benzene rings is 3. The molecule has 218 valence electrons. The second-order valence-electron chi connectivity index (χ2n) is 11.0. The lowest BCUT2D eigenvalue weighted by molar-refractivity contribution is -0.0738. The van der Waals surface area contributed by atoms with Crippen LogP contribution in [0.25, 0.3) is 11.3 Å². The third-order valence-corrected chi connectivity index (χ3v) is 8.01. The fourth-order valence-electron chi connectivity index (χ4n) is 5.49. The van der Waals surface area contributed by atoms with E-state index in [0.717, 1.165) is 42.4 Å². The number of nitrogens with two attached hydrogens (primary N) is 2. The topological polar surface area (TPSA) is 134 Å². The van der Waals surface area contributed by atoms with Crippen molar-refractivity contribution in [3.05, 3.63) is 101 Å². The zero-order chi connectivity index (χ0) is 29.7. The Morgan fingerprint density at radius 1 is 0.976 bits per heavy atom. The average Bonchev–Trinajstić information content (AvgIpc) is 3.37. The predicted octanol–water partition coefficient (Wildman–Crippen LogP) is 5.26. The molecule has 5 rings (SSSR count). The lowest BCUT2D eigenvalue weighted by Crippen LogP contribution is -2.35. The SMILES string of the molecule is COc1ccccc1C(=O)NCc1ccc(-c2nn(C3CCC(C)(OCc4ccccc4)CC3)c(N)c2C(N)=O)cc1. The van der Waals surface area contributed by atoms with Crippen LogP contribution in [0.5, 0.6) is 5.75 Å². The Balaban J connectivity index is 1.26. The molecule has 9 heteroatoms. The number of para-hydroxylation sites is 1. The highest BCUT2D eigenvalue weighted by atomic mass is 16.5. The number of anilines is 1. The summed E-state index contributed by atoms with van der Waals surface area (Å²) < 4.78 is 13.4. The number of nitrogens with zero attached hydrogens (tertiary/aromatic N) is 2. The van der Waals surface area contributed by atoms with Gasteiger partial charge in [-0.15, -0.1) is 0 Å². The summed E-state index contributed by atoms with van der Waals surface area (Å²) >= 11 is 0. The molecule has 0 bridgehead atoms. The van der Waals surface area contributed by atoms with Gasteiger partial charge in [0.05, 0.1) is 30.9 Å². The average molecular weight is 568 g/mol. The highest BCUT2D eigenvalue weighted by Crippen LogP contribution is 2.40. The number of carbonyl (C=O) groups is 2. The van der Waals surface area contributed by atoms with Crippen molar-refractivity contribution >= 4 is 17.6 Å². The molecule has 1 saturated carbocycles. The molecule has 0 unspecified atom stereocenters. The number of amides is 2. The van der Waals surface area contributed by atoms with Crippen LogP contribution in [0.15, 0.2) is 78.9 Å².